The number of rotatable bonds is 5. The van der Waals surface area contributed by atoms with Crippen molar-refractivity contribution < 1.29 is 4.79 Å². The summed E-state index contributed by atoms with van der Waals surface area (Å²) < 4.78 is 0. The molecular formula is C11H24N4O. The van der Waals surface area contributed by atoms with Crippen molar-refractivity contribution in [3.05, 3.63) is 0 Å². The lowest BCUT2D eigenvalue weighted by Gasteiger charge is -2.20. The Hall–Kier alpha value is -1.26. The predicted molar refractivity (Wildman–Crippen MR) is 67.2 cm³/mol. The van der Waals surface area contributed by atoms with Gasteiger partial charge in [0.05, 0.1) is 12.0 Å². The van der Waals surface area contributed by atoms with E-state index in [2.05, 4.69) is 15.6 Å². The molecule has 0 saturated carbocycles. The van der Waals surface area contributed by atoms with Gasteiger partial charge < -0.3 is 16.4 Å². The minimum atomic E-state index is -0.612. The molecule has 1 amide bonds. The van der Waals surface area contributed by atoms with Crippen LogP contribution in [0.15, 0.2) is 4.99 Å². The van der Waals surface area contributed by atoms with Crippen molar-refractivity contribution in [3.8, 4) is 0 Å². The molecule has 0 aliphatic rings. The second kappa shape index (κ2) is 6.35. The molecule has 0 bridgehead atoms. The molecule has 0 unspecified atom stereocenters. The Kier molecular flexibility index (Phi) is 5.85. The Morgan fingerprint density at radius 3 is 2.38 bits per heavy atom. The van der Waals surface area contributed by atoms with Crippen molar-refractivity contribution in [1.29, 1.82) is 0 Å². The van der Waals surface area contributed by atoms with Crippen LogP contribution in [0.1, 0.15) is 34.6 Å². The van der Waals surface area contributed by atoms with Gasteiger partial charge >= 0.3 is 0 Å². The summed E-state index contributed by atoms with van der Waals surface area (Å²) in [5.74, 6) is 0.378. The molecule has 0 spiro atoms. The van der Waals surface area contributed by atoms with E-state index in [1.165, 1.54) is 0 Å². The Balaban J connectivity index is 4.49. The zero-order chi connectivity index (χ0) is 12.8. The summed E-state index contributed by atoms with van der Waals surface area (Å²) in [7, 11) is 0. The van der Waals surface area contributed by atoms with Crippen molar-refractivity contribution in [1.82, 2.24) is 10.6 Å². The first-order chi connectivity index (χ1) is 7.29. The lowest BCUT2D eigenvalue weighted by atomic mass is 9.93. The Morgan fingerprint density at radius 2 is 2.00 bits per heavy atom. The summed E-state index contributed by atoms with van der Waals surface area (Å²) in [5, 5.41) is 6.29. The Morgan fingerprint density at radius 1 is 1.44 bits per heavy atom. The van der Waals surface area contributed by atoms with Gasteiger partial charge in [-0.3, -0.25) is 9.79 Å². The van der Waals surface area contributed by atoms with E-state index in [1.807, 2.05) is 20.8 Å². The molecule has 0 saturated heterocycles. The first-order valence-electron chi connectivity index (χ1n) is 5.64. The number of nitrogens with two attached hydrogens (primary N) is 1. The van der Waals surface area contributed by atoms with Crippen LogP contribution in [-0.2, 0) is 4.79 Å². The quantitative estimate of drug-likeness (QED) is 0.472. The van der Waals surface area contributed by atoms with Crippen LogP contribution in [0.25, 0.3) is 0 Å². The van der Waals surface area contributed by atoms with Crippen LogP contribution in [0.3, 0.4) is 0 Å². The molecule has 4 N–H and O–H groups in total. The normalized spacial score (nSPS) is 12.8. The maximum Gasteiger partial charge on any atom is 0.224 e. The number of amides is 1. The number of aliphatic imine (C=N–C) groups is 1. The summed E-state index contributed by atoms with van der Waals surface area (Å²) in [6.45, 7) is 10.8. The van der Waals surface area contributed by atoms with Crippen molar-refractivity contribution in [2.24, 2.45) is 16.1 Å². The third-order valence-electron chi connectivity index (χ3n) is 2.07. The number of nitrogens with zero attached hydrogens (tertiary/aromatic N) is 1. The summed E-state index contributed by atoms with van der Waals surface area (Å²) >= 11 is 0. The van der Waals surface area contributed by atoms with Gasteiger partial charge in [-0.25, -0.2) is 0 Å². The van der Waals surface area contributed by atoms with E-state index >= 15 is 0 Å². The lowest BCUT2D eigenvalue weighted by molar-refractivity contribution is -0.125. The highest BCUT2D eigenvalue weighted by Gasteiger charge is 2.24. The topological polar surface area (TPSA) is 79.5 Å². The second-order valence-corrected chi connectivity index (χ2v) is 4.74. The summed E-state index contributed by atoms with van der Waals surface area (Å²) in [6, 6.07) is 0.300. The fraction of sp³-hybridized carbons (Fsp3) is 0.818. The summed E-state index contributed by atoms with van der Waals surface area (Å²) in [5.41, 5.74) is 4.67. The number of hydrogen-bond acceptors (Lipinski definition) is 2. The molecule has 0 heterocycles. The smallest absolute Gasteiger partial charge is 0.224 e. The monoisotopic (exact) mass is 228 g/mol. The number of guanidine groups is 1. The maximum absolute atomic E-state index is 11.1. The van der Waals surface area contributed by atoms with E-state index < -0.39 is 5.41 Å². The zero-order valence-corrected chi connectivity index (χ0v) is 10.9. The Bertz CT molecular complexity index is 259. The minimum absolute atomic E-state index is 0.300. The summed E-state index contributed by atoms with van der Waals surface area (Å²) in [4.78, 5) is 15.5. The highest BCUT2D eigenvalue weighted by Crippen LogP contribution is 2.13. The Labute approximate surface area is 97.9 Å². The van der Waals surface area contributed by atoms with Gasteiger partial charge in [-0.1, -0.05) is 0 Å². The molecule has 0 aliphatic carbocycles. The van der Waals surface area contributed by atoms with Crippen LogP contribution in [0.2, 0.25) is 0 Å². The number of carbonyl (C=O) groups is 1. The maximum atomic E-state index is 11.1. The van der Waals surface area contributed by atoms with Crippen molar-refractivity contribution in [2.75, 3.05) is 13.1 Å². The summed E-state index contributed by atoms with van der Waals surface area (Å²) in [6.07, 6.45) is 0. The molecule has 0 fully saturated rings. The second-order valence-electron chi connectivity index (χ2n) is 4.74. The molecule has 0 aliphatic heterocycles. The number of primary amides is 1. The van der Waals surface area contributed by atoms with Crippen LogP contribution in [0.5, 0.6) is 0 Å². The van der Waals surface area contributed by atoms with Crippen LogP contribution in [-0.4, -0.2) is 31.0 Å². The lowest BCUT2D eigenvalue weighted by Crippen LogP contribution is -2.42. The van der Waals surface area contributed by atoms with Gasteiger partial charge in [0.15, 0.2) is 5.96 Å². The van der Waals surface area contributed by atoms with Gasteiger partial charge in [-0.15, -0.1) is 0 Å². The molecule has 0 aromatic rings. The molecule has 0 rings (SSSR count). The van der Waals surface area contributed by atoms with Gasteiger partial charge in [0.25, 0.3) is 0 Å². The highest BCUT2D eigenvalue weighted by atomic mass is 16.1. The predicted octanol–water partition coefficient (Wildman–Crippen LogP) is 0.461. The van der Waals surface area contributed by atoms with E-state index in [0.717, 1.165) is 6.54 Å². The van der Waals surface area contributed by atoms with E-state index in [4.69, 9.17) is 5.73 Å². The van der Waals surface area contributed by atoms with E-state index in [0.29, 0.717) is 18.5 Å². The third-order valence-corrected chi connectivity index (χ3v) is 2.07. The van der Waals surface area contributed by atoms with Crippen LogP contribution < -0.4 is 16.4 Å². The van der Waals surface area contributed by atoms with E-state index in [9.17, 15) is 4.79 Å². The molecule has 0 aromatic heterocycles. The van der Waals surface area contributed by atoms with Crippen molar-refractivity contribution in [3.63, 3.8) is 0 Å². The number of hydrogen-bond donors (Lipinski definition) is 3. The SMILES string of the molecule is CCNC(=NCC(C)(C)C(N)=O)NC(C)C. The number of nitrogens with one attached hydrogen (secondary N) is 2. The molecule has 5 nitrogen and oxygen atoms in total. The average Bonchev–Trinajstić information content (AvgIpc) is 2.13. The zero-order valence-electron chi connectivity index (χ0n) is 10.9. The molecule has 16 heavy (non-hydrogen) atoms. The molecule has 94 valence electrons. The van der Waals surface area contributed by atoms with E-state index in [-0.39, 0.29) is 5.91 Å². The molecular weight excluding hydrogens is 204 g/mol. The van der Waals surface area contributed by atoms with Crippen molar-refractivity contribution in [2.45, 2.75) is 40.7 Å². The van der Waals surface area contributed by atoms with Crippen molar-refractivity contribution >= 4 is 11.9 Å². The fourth-order valence-electron chi connectivity index (χ4n) is 0.948. The van der Waals surface area contributed by atoms with Crippen LogP contribution in [0, 0.1) is 5.41 Å². The molecule has 0 atom stereocenters. The largest absolute Gasteiger partial charge is 0.369 e. The van der Waals surface area contributed by atoms with Gasteiger partial charge in [0, 0.05) is 12.6 Å². The highest BCUT2D eigenvalue weighted by molar-refractivity contribution is 5.82. The van der Waals surface area contributed by atoms with E-state index in [1.54, 1.807) is 13.8 Å². The van der Waals surface area contributed by atoms with Crippen LogP contribution >= 0.6 is 0 Å². The van der Waals surface area contributed by atoms with Gasteiger partial charge in [0.1, 0.15) is 0 Å². The van der Waals surface area contributed by atoms with Gasteiger partial charge in [-0.2, -0.15) is 0 Å². The number of carbonyl (C=O) groups excluding carboxylic acids is 1. The van der Waals surface area contributed by atoms with Crippen LogP contribution in [0.4, 0.5) is 0 Å². The minimum Gasteiger partial charge on any atom is -0.369 e. The standard InChI is InChI=1S/C11H24N4O/c1-6-13-10(15-8(2)3)14-7-11(4,5)9(12)16/h8H,6-7H2,1-5H3,(H2,12,16)(H2,13,14,15). The van der Waals surface area contributed by atoms with Gasteiger partial charge in [0.2, 0.25) is 5.91 Å². The first kappa shape index (κ1) is 14.7. The fourth-order valence-corrected chi connectivity index (χ4v) is 0.948. The molecule has 0 aromatic carbocycles. The van der Waals surface area contributed by atoms with Gasteiger partial charge in [-0.05, 0) is 34.6 Å². The molecule has 5 heteroatoms. The first-order valence-corrected chi connectivity index (χ1v) is 5.64. The molecule has 0 radical (unpaired) electrons. The average molecular weight is 228 g/mol. The third kappa shape index (κ3) is 5.58.